The van der Waals surface area contributed by atoms with Crippen molar-refractivity contribution < 1.29 is 19.0 Å². The average Bonchev–Trinajstić information content (AvgIpc) is 2.79. The molecule has 0 N–H and O–H groups in total. The van der Waals surface area contributed by atoms with Crippen LogP contribution in [0.15, 0.2) is 42.6 Å². The molecule has 1 aromatic carbocycles. The van der Waals surface area contributed by atoms with E-state index in [2.05, 4.69) is 9.88 Å². The van der Waals surface area contributed by atoms with Crippen LogP contribution in [0.2, 0.25) is 0 Å². The number of rotatable bonds is 2. The van der Waals surface area contributed by atoms with Crippen molar-refractivity contribution in [2.45, 2.75) is 25.8 Å². The maximum atomic E-state index is 12.8. The van der Waals surface area contributed by atoms with Crippen molar-refractivity contribution in [3.05, 3.63) is 48.2 Å². The van der Waals surface area contributed by atoms with E-state index in [1.165, 1.54) is 0 Å². The van der Waals surface area contributed by atoms with Gasteiger partial charge in [-0.3, -0.25) is 9.69 Å². The van der Waals surface area contributed by atoms with Gasteiger partial charge in [0.2, 0.25) is 11.8 Å². The van der Waals surface area contributed by atoms with E-state index < -0.39 is 0 Å². The number of benzene rings is 1. The van der Waals surface area contributed by atoms with Gasteiger partial charge in [-0.1, -0.05) is 18.2 Å². The zero-order chi connectivity index (χ0) is 20.6. The minimum absolute atomic E-state index is 0.155. The summed E-state index contributed by atoms with van der Waals surface area (Å²) >= 11 is 0. The highest BCUT2D eigenvalue weighted by Gasteiger charge is 2.21. The number of amides is 1. The van der Waals surface area contributed by atoms with Crippen LogP contribution in [0.25, 0.3) is 0 Å². The maximum Gasteiger partial charge on any atom is 0.236 e. The van der Waals surface area contributed by atoms with Gasteiger partial charge in [0.15, 0.2) is 11.5 Å². The third kappa shape index (κ3) is 5.49. The molecule has 160 valence electrons. The summed E-state index contributed by atoms with van der Waals surface area (Å²) in [4.78, 5) is 21.4. The number of carbonyl (C=O) groups is 1. The second-order valence-corrected chi connectivity index (χ2v) is 7.63. The van der Waals surface area contributed by atoms with Crippen LogP contribution >= 0.6 is 0 Å². The molecule has 1 aromatic heterocycles. The number of fused-ring (bicyclic) bond motifs is 2. The highest BCUT2D eigenvalue weighted by molar-refractivity contribution is 5.78. The normalized spacial score (nSPS) is 18.5. The molecule has 1 saturated heterocycles. The molecule has 2 aliphatic heterocycles. The lowest BCUT2D eigenvalue weighted by atomic mass is 10.2. The Hall–Kier alpha value is -2.64. The molecule has 0 spiro atoms. The van der Waals surface area contributed by atoms with Crippen LogP contribution in [0.5, 0.6) is 17.4 Å². The summed E-state index contributed by atoms with van der Waals surface area (Å²) in [7, 11) is 0. The molecule has 3 heterocycles. The van der Waals surface area contributed by atoms with Gasteiger partial charge in [-0.25, -0.2) is 4.98 Å². The predicted molar refractivity (Wildman–Crippen MR) is 113 cm³/mol. The molecule has 0 radical (unpaired) electrons. The number of pyridine rings is 1. The van der Waals surface area contributed by atoms with Gasteiger partial charge in [-0.05, 0) is 44.0 Å². The first-order valence-corrected chi connectivity index (χ1v) is 10.7. The Kier molecular flexibility index (Phi) is 7.16. The first kappa shape index (κ1) is 20.6. The van der Waals surface area contributed by atoms with Gasteiger partial charge in [-0.15, -0.1) is 0 Å². The van der Waals surface area contributed by atoms with Crippen molar-refractivity contribution in [1.29, 1.82) is 0 Å². The summed E-state index contributed by atoms with van der Waals surface area (Å²) in [6.45, 7) is 5.06. The quantitative estimate of drug-likeness (QED) is 0.757. The van der Waals surface area contributed by atoms with Gasteiger partial charge >= 0.3 is 0 Å². The molecular formula is C23H29N3O4. The van der Waals surface area contributed by atoms with Gasteiger partial charge in [-0.2, -0.15) is 0 Å². The summed E-state index contributed by atoms with van der Waals surface area (Å²) in [6, 6.07) is 11.6. The van der Waals surface area contributed by atoms with Gasteiger partial charge in [0, 0.05) is 31.4 Å². The monoisotopic (exact) mass is 411 g/mol. The molecule has 4 rings (SSSR count). The summed E-state index contributed by atoms with van der Waals surface area (Å²) in [5, 5.41) is 0. The van der Waals surface area contributed by atoms with Crippen molar-refractivity contribution >= 4 is 5.91 Å². The number of nitrogens with zero attached hydrogens (tertiary/aromatic N) is 3. The van der Waals surface area contributed by atoms with Crippen LogP contribution in [0.4, 0.5) is 0 Å². The minimum atomic E-state index is 0.155. The molecule has 0 aliphatic carbocycles. The molecule has 30 heavy (non-hydrogen) atoms. The number of hydrogen-bond donors (Lipinski definition) is 0. The third-order valence-electron chi connectivity index (χ3n) is 5.40. The fourth-order valence-electron chi connectivity index (χ4n) is 3.75. The van der Waals surface area contributed by atoms with Gasteiger partial charge in [0.25, 0.3) is 0 Å². The smallest absolute Gasteiger partial charge is 0.236 e. The minimum Gasteiger partial charge on any atom is -0.490 e. The van der Waals surface area contributed by atoms with E-state index in [-0.39, 0.29) is 5.91 Å². The lowest BCUT2D eigenvalue weighted by Gasteiger charge is -2.30. The Balaban J connectivity index is 1.54. The largest absolute Gasteiger partial charge is 0.490 e. The molecule has 2 aliphatic rings. The summed E-state index contributed by atoms with van der Waals surface area (Å²) in [5.74, 6) is 2.10. The van der Waals surface area contributed by atoms with E-state index >= 15 is 0 Å². The van der Waals surface area contributed by atoms with Crippen molar-refractivity contribution in [2.24, 2.45) is 0 Å². The summed E-state index contributed by atoms with van der Waals surface area (Å²) in [5.41, 5.74) is 0.960. The Morgan fingerprint density at radius 3 is 2.63 bits per heavy atom. The first-order chi connectivity index (χ1) is 14.8. The van der Waals surface area contributed by atoms with Crippen LogP contribution in [-0.4, -0.2) is 66.7 Å². The van der Waals surface area contributed by atoms with Crippen LogP contribution in [0, 0.1) is 0 Å². The molecule has 1 amide bonds. The third-order valence-corrected chi connectivity index (χ3v) is 5.40. The van der Waals surface area contributed by atoms with Crippen molar-refractivity contribution in [3.63, 3.8) is 0 Å². The number of para-hydroxylation sites is 2. The van der Waals surface area contributed by atoms with Crippen LogP contribution in [0.3, 0.4) is 0 Å². The topological polar surface area (TPSA) is 64.1 Å². The van der Waals surface area contributed by atoms with Crippen LogP contribution in [0.1, 0.15) is 24.8 Å². The van der Waals surface area contributed by atoms with Crippen molar-refractivity contribution in [2.75, 3.05) is 46.0 Å². The molecule has 2 aromatic rings. The zero-order valence-electron chi connectivity index (χ0n) is 17.3. The number of morpholine rings is 1. The second-order valence-electron chi connectivity index (χ2n) is 7.63. The van der Waals surface area contributed by atoms with E-state index in [4.69, 9.17) is 14.2 Å². The zero-order valence-corrected chi connectivity index (χ0v) is 17.3. The Morgan fingerprint density at radius 2 is 1.77 bits per heavy atom. The van der Waals surface area contributed by atoms with Gasteiger partial charge < -0.3 is 19.1 Å². The molecule has 7 heteroatoms. The molecule has 0 saturated carbocycles. The van der Waals surface area contributed by atoms with E-state index in [0.29, 0.717) is 57.6 Å². The molecule has 0 unspecified atom stereocenters. The molecule has 0 atom stereocenters. The number of aromatic nitrogens is 1. The SMILES string of the molecule is O=C(CN1CCCCCOc2ccccc2Oc2ncccc2C1)N1CCOCC1. The Labute approximate surface area is 177 Å². The van der Waals surface area contributed by atoms with Crippen molar-refractivity contribution in [1.82, 2.24) is 14.8 Å². The standard InChI is InChI=1S/C23H29N3O4/c27-22(26-12-15-28-16-13-26)18-25-11-4-1-5-14-29-20-8-2-3-9-21(20)30-23-19(17-25)7-6-10-24-23/h2-3,6-10H,1,4-5,11-18H2. The van der Waals surface area contributed by atoms with E-state index in [1.54, 1.807) is 6.20 Å². The van der Waals surface area contributed by atoms with E-state index in [0.717, 1.165) is 37.1 Å². The summed E-state index contributed by atoms with van der Waals surface area (Å²) in [6.07, 6.45) is 4.75. The van der Waals surface area contributed by atoms with E-state index in [9.17, 15) is 4.79 Å². The Bertz CT molecular complexity index is 839. The fourth-order valence-corrected chi connectivity index (χ4v) is 3.75. The number of ether oxygens (including phenoxy) is 3. The molecular weight excluding hydrogens is 382 g/mol. The Morgan fingerprint density at radius 1 is 0.933 bits per heavy atom. The van der Waals surface area contributed by atoms with Crippen LogP contribution in [-0.2, 0) is 16.1 Å². The molecule has 0 bridgehead atoms. The first-order valence-electron chi connectivity index (χ1n) is 10.7. The fraction of sp³-hybridized carbons (Fsp3) is 0.478. The van der Waals surface area contributed by atoms with Gasteiger partial charge in [0.05, 0.1) is 26.4 Å². The second kappa shape index (κ2) is 10.4. The highest BCUT2D eigenvalue weighted by Crippen LogP contribution is 2.32. The maximum absolute atomic E-state index is 12.8. The number of carbonyl (C=O) groups excluding carboxylic acids is 1. The van der Waals surface area contributed by atoms with E-state index in [1.807, 2.05) is 41.3 Å². The summed E-state index contributed by atoms with van der Waals surface area (Å²) < 4.78 is 17.5. The molecule has 7 nitrogen and oxygen atoms in total. The van der Waals surface area contributed by atoms with Gasteiger partial charge in [0.1, 0.15) is 0 Å². The molecule has 1 fully saturated rings. The number of hydrogen-bond acceptors (Lipinski definition) is 6. The lowest BCUT2D eigenvalue weighted by Crippen LogP contribution is -2.45. The van der Waals surface area contributed by atoms with Crippen molar-refractivity contribution in [3.8, 4) is 17.4 Å². The highest BCUT2D eigenvalue weighted by atomic mass is 16.5. The average molecular weight is 412 g/mol. The predicted octanol–water partition coefficient (Wildman–Crippen LogP) is 3.10. The lowest BCUT2D eigenvalue weighted by molar-refractivity contribution is -0.136. The van der Waals surface area contributed by atoms with Crippen LogP contribution < -0.4 is 9.47 Å².